The second-order valence-corrected chi connectivity index (χ2v) is 11.8. The second kappa shape index (κ2) is 13.2. The van der Waals surface area contributed by atoms with E-state index >= 15 is 0 Å². The van der Waals surface area contributed by atoms with Crippen molar-refractivity contribution in [3.8, 4) is 22.9 Å². The summed E-state index contributed by atoms with van der Waals surface area (Å²) in [7, 11) is 4.74. The van der Waals surface area contributed by atoms with Crippen LogP contribution < -0.4 is 14.2 Å². The molecule has 47 heavy (non-hydrogen) atoms. The monoisotopic (exact) mass is 630 g/mol. The van der Waals surface area contributed by atoms with Crippen LogP contribution in [-0.4, -0.2) is 49.2 Å². The summed E-state index contributed by atoms with van der Waals surface area (Å²) >= 11 is 0. The molecule has 240 valence electrons. The molecule has 0 N–H and O–H groups in total. The molecule has 8 nitrogen and oxygen atoms in total. The molecule has 0 amide bonds. The van der Waals surface area contributed by atoms with E-state index in [1.807, 2.05) is 98.1 Å². The summed E-state index contributed by atoms with van der Waals surface area (Å²) in [5.74, 6) is 0.834. The third-order valence-electron chi connectivity index (χ3n) is 8.76. The number of rotatable bonds is 9. The molecule has 0 bridgehead atoms. The molecular formula is C39H38N2O6. The number of esters is 1. The Bertz CT molecular complexity index is 2010. The van der Waals surface area contributed by atoms with Crippen molar-refractivity contribution in [2.45, 2.75) is 40.0 Å². The van der Waals surface area contributed by atoms with E-state index in [0.717, 1.165) is 57.9 Å². The fourth-order valence-corrected chi connectivity index (χ4v) is 6.51. The average Bonchev–Trinajstić information content (AvgIpc) is 3.39. The van der Waals surface area contributed by atoms with Gasteiger partial charge in [-0.25, -0.2) is 9.78 Å². The van der Waals surface area contributed by atoms with Crippen LogP contribution in [0.2, 0.25) is 0 Å². The normalized spacial score (nSPS) is 13.4. The zero-order valence-electron chi connectivity index (χ0n) is 27.6. The molecular weight excluding hydrogens is 592 g/mol. The fraction of sp³-hybridized carbons (Fsp3) is 0.256. The lowest BCUT2D eigenvalue weighted by molar-refractivity contribution is 0.0475. The maximum atomic E-state index is 13.9. The van der Waals surface area contributed by atoms with Gasteiger partial charge in [-0.2, -0.15) is 0 Å². The largest absolute Gasteiger partial charge is 0.493 e. The number of hydrogen-bond donors (Lipinski definition) is 0. The molecule has 0 radical (unpaired) electrons. The van der Waals surface area contributed by atoms with Gasteiger partial charge < -0.3 is 23.5 Å². The van der Waals surface area contributed by atoms with Gasteiger partial charge in [0.2, 0.25) is 11.5 Å². The third kappa shape index (κ3) is 5.99. The molecule has 0 atom stereocenters. The highest BCUT2D eigenvalue weighted by molar-refractivity contribution is 6.08. The number of allylic oxidation sites excluding steroid dienone is 1. The van der Waals surface area contributed by atoms with Gasteiger partial charge in [0.05, 0.1) is 38.1 Å². The summed E-state index contributed by atoms with van der Waals surface area (Å²) in [4.78, 5) is 32.4. The Morgan fingerprint density at radius 2 is 1.57 bits per heavy atom. The zero-order valence-corrected chi connectivity index (χ0v) is 27.6. The molecule has 2 aromatic heterocycles. The fourth-order valence-electron chi connectivity index (χ4n) is 6.51. The number of methoxy groups -OCH3 is 3. The van der Waals surface area contributed by atoms with E-state index in [0.29, 0.717) is 45.7 Å². The van der Waals surface area contributed by atoms with Crippen molar-refractivity contribution in [3.05, 3.63) is 112 Å². The van der Waals surface area contributed by atoms with Crippen molar-refractivity contribution in [2.75, 3.05) is 27.9 Å². The minimum absolute atomic E-state index is 0.250. The molecule has 0 saturated heterocycles. The van der Waals surface area contributed by atoms with Crippen LogP contribution in [0.1, 0.15) is 67.3 Å². The highest BCUT2D eigenvalue weighted by Gasteiger charge is 2.27. The number of para-hydroxylation sites is 1. The molecule has 5 aromatic rings. The third-order valence-corrected chi connectivity index (χ3v) is 8.76. The zero-order chi connectivity index (χ0) is 33.2. The van der Waals surface area contributed by atoms with E-state index in [9.17, 15) is 9.59 Å². The lowest BCUT2D eigenvalue weighted by Gasteiger charge is -2.22. The van der Waals surface area contributed by atoms with Crippen molar-refractivity contribution < 1.29 is 28.5 Å². The molecule has 1 aliphatic carbocycles. The van der Waals surface area contributed by atoms with Crippen LogP contribution in [0.3, 0.4) is 0 Å². The van der Waals surface area contributed by atoms with Gasteiger partial charge in [0.25, 0.3) is 0 Å². The number of aromatic nitrogens is 2. The minimum atomic E-state index is -0.533. The first-order valence-electron chi connectivity index (χ1n) is 15.6. The van der Waals surface area contributed by atoms with Gasteiger partial charge in [-0.05, 0) is 99.2 Å². The number of carbonyl (C=O) groups is 2. The first-order valence-corrected chi connectivity index (χ1v) is 15.6. The van der Waals surface area contributed by atoms with Crippen molar-refractivity contribution in [2.24, 2.45) is 0 Å². The van der Waals surface area contributed by atoms with Crippen LogP contribution in [-0.2, 0) is 11.2 Å². The summed E-state index contributed by atoms with van der Waals surface area (Å²) in [6, 6.07) is 21.3. The minimum Gasteiger partial charge on any atom is -0.493 e. The summed E-state index contributed by atoms with van der Waals surface area (Å²) in [6.45, 7) is 5.56. The summed E-state index contributed by atoms with van der Waals surface area (Å²) in [5, 5.41) is 0.704. The molecule has 3 aromatic carbocycles. The van der Waals surface area contributed by atoms with Gasteiger partial charge in [0, 0.05) is 28.0 Å². The number of nitrogens with zero attached hydrogens (tertiary/aromatic N) is 2. The summed E-state index contributed by atoms with van der Waals surface area (Å²) < 4.78 is 24.5. The number of carbonyl (C=O) groups excluding carboxylic acids is 2. The van der Waals surface area contributed by atoms with Crippen LogP contribution in [0, 0.1) is 20.8 Å². The van der Waals surface area contributed by atoms with Gasteiger partial charge in [0.1, 0.15) is 0 Å². The Labute approximate surface area is 274 Å². The Hall–Kier alpha value is -5.37. The van der Waals surface area contributed by atoms with Crippen molar-refractivity contribution >= 4 is 34.3 Å². The van der Waals surface area contributed by atoms with Crippen molar-refractivity contribution in [1.82, 2.24) is 9.55 Å². The van der Waals surface area contributed by atoms with Crippen LogP contribution >= 0.6 is 0 Å². The van der Waals surface area contributed by atoms with Crippen LogP contribution in [0.5, 0.6) is 17.2 Å². The van der Waals surface area contributed by atoms with E-state index in [2.05, 4.69) is 0 Å². The predicted octanol–water partition coefficient (Wildman–Crippen LogP) is 7.89. The molecule has 0 unspecified atom stereocenters. The number of Topliss-reactive ketones (excluding diaryl/α,β-unsaturated/α-hetero) is 1. The first kappa shape index (κ1) is 31.6. The number of benzene rings is 3. The number of aryl methyl sites for hydroxylation is 2. The lowest BCUT2D eigenvalue weighted by atomic mass is 9.86. The van der Waals surface area contributed by atoms with E-state index in [-0.39, 0.29) is 12.4 Å². The van der Waals surface area contributed by atoms with Gasteiger partial charge in [0.15, 0.2) is 18.1 Å². The highest BCUT2D eigenvalue weighted by Crippen LogP contribution is 2.41. The van der Waals surface area contributed by atoms with Gasteiger partial charge in [-0.1, -0.05) is 35.9 Å². The Morgan fingerprint density at radius 1 is 0.872 bits per heavy atom. The number of ether oxygens (including phenoxy) is 4. The average molecular weight is 631 g/mol. The van der Waals surface area contributed by atoms with Crippen LogP contribution in [0.15, 0.2) is 66.7 Å². The summed E-state index contributed by atoms with van der Waals surface area (Å²) in [5.41, 5.74) is 8.97. The Kier molecular flexibility index (Phi) is 8.85. The number of ketones is 1. The second-order valence-electron chi connectivity index (χ2n) is 11.8. The van der Waals surface area contributed by atoms with E-state index in [1.54, 1.807) is 21.3 Å². The van der Waals surface area contributed by atoms with Crippen molar-refractivity contribution in [3.63, 3.8) is 0 Å². The maximum Gasteiger partial charge on any atom is 0.339 e. The molecule has 0 fully saturated rings. The smallest absolute Gasteiger partial charge is 0.339 e. The van der Waals surface area contributed by atoms with Gasteiger partial charge in [-0.15, -0.1) is 0 Å². The Morgan fingerprint density at radius 3 is 2.26 bits per heavy atom. The lowest BCUT2D eigenvalue weighted by Crippen LogP contribution is -2.19. The first-order chi connectivity index (χ1) is 22.7. The van der Waals surface area contributed by atoms with E-state index < -0.39 is 5.97 Å². The topological polar surface area (TPSA) is 88.9 Å². The molecule has 6 rings (SSSR count). The molecule has 0 saturated carbocycles. The SMILES string of the molecule is COc1cc(/C=C2\CCCc3c2nc2ccccc2c3C(=O)OCC(=O)c2cc(C)n(-c3ccc(C)cc3)c2C)cc(OC)c1OC. The quantitative estimate of drug-likeness (QED) is 0.121. The number of fused-ring (bicyclic) bond motifs is 2. The Balaban J connectivity index is 1.33. The number of pyridine rings is 1. The standard InChI is InChI=1S/C39H38N2O6/c1-23-14-16-28(17-15-23)41-24(2)18-31(25(41)3)33(42)22-47-39(43)36-29-11-7-8-13-32(29)40-37-27(10-9-12-30(36)37)19-26-20-34(44-4)38(46-6)35(21-26)45-5/h7-8,11,13-21H,9-10,12,22H2,1-6H3/b27-19+. The number of hydrogen-bond acceptors (Lipinski definition) is 7. The van der Waals surface area contributed by atoms with Crippen molar-refractivity contribution in [1.29, 1.82) is 0 Å². The van der Waals surface area contributed by atoms with Crippen LogP contribution in [0.4, 0.5) is 0 Å². The van der Waals surface area contributed by atoms with E-state index in [4.69, 9.17) is 23.9 Å². The van der Waals surface area contributed by atoms with E-state index in [1.165, 1.54) is 0 Å². The molecule has 0 aliphatic heterocycles. The maximum absolute atomic E-state index is 13.9. The molecule has 1 aliphatic rings. The van der Waals surface area contributed by atoms with Gasteiger partial charge in [-0.3, -0.25) is 4.79 Å². The van der Waals surface area contributed by atoms with Gasteiger partial charge >= 0.3 is 5.97 Å². The molecule has 2 heterocycles. The highest BCUT2D eigenvalue weighted by atomic mass is 16.5. The molecule has 0 spiro atoms. The summed E-state index contributed by atoms with van der Waals surface area (Å²) in [6.07, 6.45) is 4.31. The predicted molar refractivity (Wildman–Crippen MR) is 183 cm³/mol. The van der Waals surface area contributed by atoms with Crippen LogP contribution in [0.25, 0.3) is 28.2 Å². The molecule has 8 heteroatoms.